The lowest BCUT2D eigenvalue weighted by Gasteiger charge is -2.26. The number of benzene rings is 1. The fourth-order valence-corrected chi connectivity index (χ4v) is 5.29. The number of ether oxygens (including phenoxy) is 1. The van der Waals surface area contributed by atoms with Crippen molar-refractivity contribution in [1.82, 2.24) is 14.1 Å². The molecular weight excluding hydrogens is 388 g/mol. The Balaban J connectivity index is 1.77. The SMILES string of the molecule is Cc1nn(C[NH+](C)Cc2ccc(Cl)cc2)c(C)c1S(=O)(=O)N1CCOCC1. The minimum absolute atomic E-state index is 0.323. The van der Waals surface area contributed by atoms with Crippen molar-refractivity contribution in [2.24, 2.45) is 0 Å². The molecule has 1 aliphatic rings. The lowest BCUT2D eigenvalue weighted by molar-refractivity contribution is -0.917. The quantitative estimate of drug-likeness (QED) is 0.762. The predicted octanol–water partition coefficient (Wildman–Crippen LogP) is 0.847. The van der Waals surface area contributed by atoms with Gasteiger partial charge in [0.1, 0.15) is 11.4 Å². The molecule has 2 heterocycles. The summed E-state index contributed by atoms with van der Waals surface area (Å²) in [5.74, 6) is 0. The molecule has 1 aromatic heterocycles. The predicted molar refractivity (Wildman–Crippen MR) is 103 cm³/mol. The van der Waals surface area contributed by atoms with E-state index in [1.807, 2.05) is 31.2 Å². The number of nitrogens with zero attached hydrogens (tertiary/aromatic N) is 3. The van der Waals surface area contributed by atoms with Crippen molar-refractivity contribution in [2.75, 3.05) is 33.4 Å². The molecule has 1 aromatic carbocycles. The van der Waals surface area contributed by atoms with E-state index in [0.717, 1.165) is 6.54 Å². The van der Waals surface area contributed by atoms with Crippen LogP contribution in [0, 0.1) is 13.8 Å². The molecule has 0 aliphatic carbocycles. The molecule has 0 amide bonds. The molecule has 1 saturated heterocycles. The number of quaternary nitrogens is 1. The van der Waals surface area contributed by atoms with E-state index in [2.05, 4.69) is 12.1 Å². The Morgan fingerprint density at radius 1 is 1.19 bits per heavy atom. The van der Waals surface area contributed by atoms with Crippen molar-refractivity contribution >= 4 is 21.6 Å². The van der Waals surface area contributed by atoms with E-state index in [9.17, 15) is 8.42 Å². The summed E-state index contributed by atoms with van der Waals surface area (Å²) in [4.78, 5) is 1.52. The summed E-state index contributed by atoms with van der Waals surface area (Å²) >= 11 is 5.94. The zero-order valence-corrected chi connectivity index (χ0v) is 17.5. The highest BCUT2D eigenvalue weighted by molar-refractivity contribution is 7.89. The van der Waals surface area contributed by atoms with Crippen LogP contribution in [0.25, 0.3) is 0 Å². The van der Waals surface area contributed by atoms with Gasteiger partial charge in [0.15, 0.2) is 6.67 Å². The lowest BCUT2D eigenvalue weighted by atomic mass is 10.2. The van der Waals surface area contributed by atoms with E-state index in [1.165, 1.54) is 14.8 Å². The van der Waals surface area contributed by atoms with Crippen molar-refractivity contribution in [3.8, 4) is 0 Å². The van der Waals surface area contributed by atoms with Gasteiger partial charge < -0.3 is 9.64 Å². The maximum atomic E-state index is 13.0. The summed E-state index contributed by atoms with van der Waals surface area (Å²) in [7, 11) is -1.50. The number of sulfonamides is 1. The van der Waals surface area contributed by atoms with Crippen molar-refractivity contribution in [3.05, 3.63) is 46.2 Å². The monoisotopic (exact) mass is 413 g/mol. The molecule has 148 valence electrons. The molecule has 2 aromatic rings. The maximum Gasteiger partial charge on any atom is 0.246 e. The van der Waals surface area contributed by atoms with Crippen molar-refractivity contribution in [1.29, 1.82) is 0 Å². The average molecular weight is 414 g/mol. The van der Waals surface area contributed by atoms with E-state index >= 15 is 0 Å². The minimum atomic E-state index is -3.56. The molecule has 7 nitrogen and oxygen atoms in total. The van der Waals surface area contributed by atoms with E-state index < -0.39 is 10.0 Å². The van der Waals surface area contributed by atoms with Crippen molar-refractivity contribution in [3.63, 3.8) is 0 Å². The Bertz CT molecular complexity index is 890. The minimum Gasteiger partial charge on any atom is -0.379 e. The number of morpholine rings is 1. The summed E-state index contributed by atoms with van der Waals surface area (Å²) in [6.07, 6.45) is 0. The van der Waals surface area contributed by atoms with Crippen LogP contribution in [0.5, 0.6) is 0 Å². The molecule has 1 N–H and O–H groups in total. The molecule has 27 heavy (non-hydrogen) atoms. The van der Waals surface area contributed by atoms with E-state index in [4.69, 9.17) is 16.3 Å². The molecule has 1 atom stereocenters. The molecule has 1 fully saturated rings. The van der Waals surface area contributed by atoms with Crippen LogP contribution in [0.2, 0.25) is 5.02 Å². The van der Waals surface area contributed by atoms with E-state index in [0.29, 0.717) is 54.3 Å². The standard InChI is InChI=1S/C18H25ClN4O3S/c1-14-18(27(24,25)22-8-10-26-11-9-22)15(2)23(20-14)13-21(3)12-16-4-6-17(19)7-5-16/h4-7H,8-13H2,1-3H3/p+1. The Labute approximate surface area is 165 Å². The van der Waals surface area contributed by atoms with Gasteiger partial charge in [-0.25, -0.2) is 13.1 Å². The van der Waals surface area contributed by atoms with Gasteiger partial charge in [0.25, 0.3) is 0 Å². The number of hydrogen-bond donors (Lipinski definition) is 1. The summed E-state index contributed by atoms with van der Waals surface area (Å²) in [6, 6.07) is 7.75. The first kappa shape index (κ1) is 20.3. The van der Waals surface area contributed by atoms with E-state index in [-0.39, 0.29) is 0 Å². The van der Waals surface area contributed by atoms with Gasteiger partial charge in [-0.3, -0.25) is 0 Å². The second-order valence-electron chi connectivity index (χ2n) is 6.93. The molecule has 0 radical (unpaired) electrons. The average Bonchev–Trinajstić information content (AvgIpc) is 2.91. The van der Waals surface area contributed by atoms with Gasteiger partial charge in [-0.1, -0.05) is 23.7 Å². The van der Waals surface area contributed by atoms with Crippen LogP contribution in [0.1, 0.15) is 17.0 Å². The third-order valence-corrected chi connectivity index (χ3v) is 7.13. The van der Waals surface area contributed by atoms with Crippen LogP contribution in [-0.2, 0) is 28.0 Å². The Kier molecular flexibility index (Phi) is 6.22. The molecule has 0 spiro atoms. The first-order valence-corrected chi connectivity index (χ1v) is 10.8. The van der Waals surface area contributed by atoms with Gasteiger partial charge in [0, 0.05) is 23.7 Å². The molecular formula is C18H26ClN4O3S+. The summed E-state index contributed by atoms with van der Waals surface area (Å²) in [5, 5.41) is 5.22. The lowest BCUT2D eigenvalue weighted by Crippen LogP contribution is -3.07. The number of aromatic nitrogens is 2. The second kappa shape index (κ2) is 8.28. The number of aryl methyl sites for hydroxylation is 1. The van der Waals surface area contributed by atoms with E-state index in [1.54, 1.807) is 11.6 Å². The molecule has 0 bridgehead atoms. The molecule has 3 rings (SSSR count). The van der Waals surface area contributed by atoms with Gasteiger partial charge in [-0.15, -0.1) is 0 Å². The van der Waals surface area contributed by atoms with Gasteiger partial charge in [-0.2, -0.15) is 9.40 Å². The van der Waals surface area contributed by atoms with Gasteiger partial charge in [0.2, 0.25) is 10.0 Å². The third kappa shape index (κ3) is 4.52. The van der Waals surface area contributed by atoms with Gasteiger partial charge in [0.05, 0.1) is 31.6 Å². The Morgan fingerprint density at radius 2 is 1.81 bits per heavy atom. The summed E-state index contributed by atoms with van der Waals surface area (Å²) in [6.45, 7) is 6.57. The molecule has 9 heteroatoms. The van der Waals surface area contributed by atoms with Crippen LogP contribution in [0.3, 0.4) is 0 Å². The second-order valence-corrected chi connectivity index (χ2v) is 9.25. The first-order chi connectivity index (χ1) is 12.8. The number of nitrogens with one attached hydrogen (secondary N) is 1. The van der Waals surface area contributed by atoms with Crippen LogP contribution in [0.15, 0.2) is 29.2 Å². The third-order valence-electron chi connectivity index (χ3n) is 4.72. The number of halogens is 1. The maximum absolute atomic E-state index is 13.0. The summed E-state index contributed by atoms with van der Waals surface area (Å²) < 4.78 is 34.6. The molecule has 1 unspecified atom stereocenters. The van der Waals surface area contributed by atoms with Crippen molar-refractivity contribution in [2.45, 2.75) is 32.0 Å². The Hall–Kier alpha value is -1.45. The van der Waals surface area contributed by atoms with Crippen LogP contribution < -0.4 is 4.90 Å². The fraction of sp³-hybridized carbons (Fsp3) is 0.500. The number of hydrogen-bond acceptors (Lipinski definition) is 4. The first-order valence-electron chi connectivity index (χ1n) is 8.96. The van der Waals surface area contributed by atoms with Gasteiger partial charge in [-0.05, 0) is 26.0 Å². The topological polar surface area (TPSA) is 68.9 Å². The largest absolute Gasteiger partial charge is 0.379 e. The smallest absolute Gasteiger partial charge is 0.246 e. The van der Waals surface area contributed by atoms with Crippen molar-refractivity contribution < 1.29 is 18.1 Å². The zero-order valence-electron chi connectivity index (χ0n) is 15.9. The van der Waals surface area contributed by atoms with Crippen LogP contribution in [-0.4, -0.2) is 55.9 Å². The highest BCUT2D eigenvalue weighted by Crippen LogP contribution is 2.23. The zero-order chi connectivity index (χ0) is 19.6. The highest BCUT2D eigenvalue weighted by atomic mass is 35.5. The van der Waals surface area contributed by atoms with Crippen LogP contribution >= 0.6 is 11.6 Å². The normalized spacial score (nSPS) is 17.2. The molecule has 1 aliphatic heterocycles. The number of rotatable bonds is 6. The van der Waals surface area contributed by atoms with Crippen LogP contribution in [0.4, 0.5) is 0 Å². The molecule has 0 saturated carbocycles. The summed E-state index contributed by atoms with van der Waals surface area (Å²) in [5.41, 5.74) is 2.38. The Morgan fingerprint density at radius 3 is 2.44 bits per heavy atom. The fourth-order valence-electron chi connectivity index (χ4n) is 3.39. The van der Waals surface area contributed by atoms with Gasteiger partial charge >= 0.3 is 0 Å². The highest BCUT2D eigenvalue weighted by Gasteiger charge is 2.32.